The Bertz CT molecular complexity index is 212. The Hall–Kier alpha value is -0.770. The number of rotatable bonds is 2. The van der Waals surface area contributed by atoms with Crippen molar-refractivity contribution in [2.24, 2.45) is 5.92 Å². The molecule has 0 aromatic heterocycles. The molecule has 0 saturated carbocycles. The van der Waals surface area contributed by atoms with Crippen molar-refractivity contribution >= 4 is 6.09 Å². The van der Waals surface area contributed by atoms with Crippen molar-refractivity contribution in [2.45, 2.75) is 25.9 Å². The van der Waals surface area contributed by atoms with Gasteiger partial charge in [-0.2, -0.15) is 0 Å². The summed E-state index contributed by atoms with van der Waals surface area (Å²) in [5.41, 5.74) is 0. The maximum atomic E-state index is 10.9. The standard InChI is InChI=1S/C10H18N2O2/c1-2-12-5-3-8(4-6-12)9-7-11-10(13)14-9/h8-9H,2-7H2,1H3,(H,11,13). The first-order valence-electron chi connectivity index (χ1n) is 5.46. The minimum atomic E-state index is -0.243. The second-order valence-electron chi connectivity index (χ2n) is 4.10. The van der Waals surface area contributed by atoms with Crippen LogP contribution >= 0.6 is 0 Å². The summed E-state index contributed by atoms with van der Waals surface area (Å²) in [7, 11) is 0. The molecule has 4 nitrogen and oxygen atoms in total. The van der Waals surface area contributed by atoms with Gasteiger partial charge in [0.1, 0.15) is 6.10 Å². The highest BCUT2D eigenvalue weighted by molar-refractivity contribution is 5.69. The first-order valence-corrected chi connectivity index (χ1v) is 5.46. The van der Waals surface area contributed by atoms with E-state index in [0.717, 1.165) is 32.5 Å². The molecule has 2 aliphatic rings. The molecule has 0 bridgehead atoms. The highest BCUT2D eigenvalue weighted by atomic mass is 16.6. The van der Waals surface area contributed by atoms with Crippen molar-refractivity contribution in [1.82, 2.24) is 10.2 Å². The van der Waals surface area contributed by atoms with Crippen molar-refractivity contribution in [3.05, 3.63) is 0 Å². The Kier molecular flexibility index (Phi) is 2.91. The topological polar surface area (TPSA) is 41.6 Å². The Morgan fingerprint density at radius 2 is 2.21 bits per heavy atom. The molecule has 80 valence electrons. The number of nitrogens with zero attached hydrogens (tertiary/aromatic N) is 1. The van der Waals surface area contributed by atoms with Crippen molar-refractivity contribution in [3.63, 3.8) is 0 Å². The van der Waals surface area contributed by atoms with Gasteiger partial charge in [-0.1, -0.05) is 6.92 Å². The number of cyclic esters (lactones) is 1. The Labute approximate surface area is 84.6 Å². The molecule has 0 aromatic rings. The molecule has 14 heavy (non-hydrogen) atoms. The lowest BCUT2D eigenvalue weighted by atomic mass is 9.91. The maximum absolute atomic E-state index is 10.9. The van der Waals surface area contributed by atoms with Crippen molar-refractivity contribution < 1.29 is 9.53 Å². The van der Waals surface area contributed by atoms with Crippen LogP contribution in [0.15, 0.2) is 0 Å². The second-order valence-corrected chi connectivity index (χ2v) is 4.10. The molecule has 4 heteroatoms. The van der Waals surface area contributed by atoms with E-state index in [4.69, 9.17) is 4.74 Å². The number of hydrogen-bond acceptors (Lipinski definition) is 3. The van der Waals surface area contributed by atoms with E-state index in [9.17, 15) is 4.79 Å². The summed E-state index contributed by atoms with van der Waals surface area (Å²) in [6.07, 6.45) is 2.20. The molecular formula is C10H18N2O2. The first-order chi connectivity index (χ1) is 6.79. The van der Waals surface area contributed by atoms with Gasteiger partial charge in [0.2, 0.25) is 0 Å². The number of likely N-dealkylation sites (tertiary alicyclic amines) is 1. The van der Waals surface area contributed by atoms with Gasteiger partial charge in [-0.05, 0) is 32.5 Å². The highest BCUT2D eigenvalue weighted by Crippen LogP contribution is 2.24. The third-order valence-corrected chi connectivity index (χ3v) is 3.31. The van der Waals surface area contributed by atoms with Crippen LogP contribution in [0.2, 0.25) is 0 Å². The zero-order chi connectivity index (χ0) is 9.97. The van der Waals surface area contributed by atoms with E-state index in [0.29, 0.717) is 12.5 Å². The first kappa shape index (κ1) is 9.77. The van der Waals surface area contributed by atoms with Gasteiger partial charge in [-0.25, -0.2) is 4.79 Å². The molecule has 0 aromatic carbocycles. The van der Waals surface area contributed by atoms with Crippen LogP contribution in [0.5, 0.6) is 0 Å². The monoisotopic (exact) mass is 198 g/mol. The Morgan fingerprint density at radius 3 is 2.71 bits per heavy atom. The molecule has 1 unspecified atom stereocenters. The van der Waals surface area contributed by atoms with Crippen LogP contribution in [0, 0.1) is 5.92 Å². The average molecular weight is 198 g/mol. The van der Waals surface area contributed by atoms with Crippen LogP contribution in [-0.4, -0.2) is 43.3 Å². The van der Waals surface area contributed by atoms with E-state index in [1.807, 2.05) is 0 Å². The van der Waals surface area contributed by atoms with Gasteiger partial charge in [-0.3, -0.25) is 0 Å². The molecule has 2 saturated heterocycles. The summed E-state index contributed by atoms with van der Waals surface area (Å²) in [5, 5.41) is 2.72. The predicted octanol–water partition coefficient (Wildman–Crippen LogP) is 0.827. The summed E-state index contributed by atoms with van der Waals surface area (Å²) in [5.74, 6) is 0.566. The van der Waals surface area contributed by atoms with Crippen LogP contribution in [0.4, 0.5) is 4.79 Å². The fourth-order valence-electron chi connectivity index (χ4n) is 2.31. The van der Waals surface area contributed by atoms with Crippen molar-refractivity contribution in [1.29, 1.82) is 0 Å². The number of ether oxygens (including phenoxy) is 1. The number of nitrogens with one attached hydrogen (secondary N) is 1. The maximum Gasteiger partial charge on any atom is 0.407 e. The molecule has 2 fully saturated rings. The molecule has 2 heterocycles. The van der Waals surface area contributed by atoms with E-state index >= 15 is 0 Å². The van der Waals surface area contributed by atoms with Crippen molar-refractivity contribution in [3.8, 4) is 0 Å². The number of alkyl carbamates (subject to hydrolysis) is 1. The van der Waals surface area contributed by atoms with Crippen molar-refractivity contribution in [2.75, 3.05) is 26.2 Å². The number of amides is 1. The molecular weight excluding hydrogens is 180 g/mol. The molecule has 0 aliphatic carbocycles. The zero-order valence-electron chi connectivity index (χ0n) is 8.66. The summed E-state index contributed by atoms with van der Waals surface area (Å²) < 4.78 is 5.20. The molecule has 0 radical (unpaired) electrons. The smallest absolute Gasteiger partial charge is 0.407 e. The number of carbonyl (C=O) groups excluding carboxylic acids is 1. The molecule has 1 amide bonds. The molecule has 2 rings (SSSR count). The summed E-state index contributed by atoms with van der Waals surface area (Å²) in [6, 6.07) is 0. The SMILES string of the molecule is CCN1CCC(C2CNC(=O)O2)CC1. The van der Waals surface area contributed by atoms with Gasteiger partial charge in [0.15, 0.2) is 0 Å². The third kappa shape index (κ3) is 2.00. The average Bonchev–Trinajstić information content (AvgIpc) is 2.65. The molecule has 1 atom stereocenters. The van der Waals surface area contributed by atoms with Gasteiger partial charge in [0.05, 0.1) is 6.54 Å². The third-order valence-electron chi connectivity index (χ3n) is 3.31. The normalized spacial score (nSPS) is 30.1. The van der Waals surface area contributed by atoms with E-state index in [1.165, 1.54) is 0 Å². The highest BCUT2D eigenvalue weighted by Gasteiger charge is 2.32. The number of hydrogen-bond donors (Lipinski definition) is 1. The number of piperidine rings is 1. The van der Waals surface area contributed by atoms with E-state index in [1.54, 1.807) is 0 Å². The lowest BCUT2D eigenvalue weighted by Crippen LogP contribution is -2.38. The van der Waals surface area contributed by atoms with E-state index in [-0.39, 0.29) is 12.2 Å². The van der Waals surface area contributed by atoms with E-state index in [2.05, 4.69) is 17.1 Å². The van der Waals surface area contributed by atoms with Gasteiger partial charge in [0, 0.05) is 5.92 Å². The van der Waals surface area contributed by atoms with Gasteiger partial charge < -0.3 is 15.0 Å². The summed E-state index contributed by atoms with van der Waals surface area (Å²) in [6.45, 7) is 6.33. The quantitative estimate of drug-likeness (QED) is 0.714. The second kappa shape index (κ2) is 4.17. The minimum absolute atomic E-state index is 0.126. The van der Waals surface area contributed by atoms with Crippen LogP contribution in [-0.2, 0) is 4.74 Å². The van der Waals surface area contributed by atoms with E-state index < -0.39 is 0 Å². The lowest BCUT2D eigenvalue weighted by Gasteiger charge is -2.32. The number of carbonyl (C=O) groups is 1. The fourth-order valence-corrected chi connectivity index (χ4v) is 2.31. The summed E-state index contributed by atoms with van der Waals surface area (Å²) >= 11 is 0. The summed E-state index contributed by atoms with van der Waals surface area (Å²) in [4.78, 5) is 13.3. The Balaban J connectivity index is 1.80. The molecule has 1 N–H and O–H groups in total. The molecule has 0 spiro atoms. The fraction of sp³-hybridized carbons (Fsp3) is 0.900. The predicted molar refractivity (Wildman–Crippen MR) is 53.1 cm³/mol. The van der Waals surface area contributed by atoms with Crippen LogP contribution < -0.4 is 5.32 Å². The van der Waals surface area contributed by atoms with Crippen LogP contribution in [0.3, 0.4) is 0 Å². The zero-order valence-corrected chi connectivity index (χ0v) is 8.66. The van der Waals surface area contributed by atoms with Crippen LogP contribution in [0.1, 0.15) is 19.8 Å². The van der Waals surface area contributed by atoms with Gasteiger partial charge >= 0.3 is 6.09 Å². The molecule has 2 aliphatic heterocycles. The lowest BCUT2D eigenvalue weighted by molar-refractivity contribution is 0.0691. The van der Waals surface area contributed by atoms with Gasteiger partial charge in [-0.15, -0.1) is 0 Å². The van der Waals surface area contributed by atoms with Gasteiger partial charge in [0.25, 0.3) is 0 Å². The largest absolute Gasteiger partial charge is 0.444 e. The minimum Gasteiger partial charge on any atom is -0.444 e. The Morgan fingerprint density at radius 1 is 1.50 bits per heavy atom. The van der Waals surface area contributed by atoms with Crippen LogP contribution in [0.25, 0.3) is 0 Å².